The molecule has 0 spiro atoms. The lowest BCUT2D eigenvalue weighted by Crippen LogP contribution is -2.43. The van der Waals surface area contributed by atoms with Crippen LogP contribution in [0, 0.1) is 5.82 Å². The molecule has 2 aromatic carbocycles. The molecule has 31 heavy (non-hydrogen) atoms. The standard InChI is InChI=1S/C21H16FN5O4.H2/c22-18-13(11-26-23-10-14(25-26)12-4-2-1-3-5-12)6-8-16-19(18)27(21(30)31-16)15-7-9-17(28)24-20(15)29;/h1-6,8,10,15H,7,9,11H2,(H,24,28,29);1H. The first-order valence-electron chi connectivity index (χ1n) is 9.63. The number of amides is 2. The molecule has 2 aromatic heterocycles. The smallest absolute Gasteiger partial charge is 0.408 e. The Balaban J connectivity index is 0.00000245. The van der Waals surface area contributed by atoms with E-state index in [4.69, 9.17) is 4.42 Å². The van der Waals surface area contributed by atoms with Crippen LogP contribution in [0.4, 0.5) is 4.39 Å². The van der Waals surface area contributed by atoms with Crippen LogP contribution in [0.5, 0.6) is 0 Å². The van der Waals surface area contributed by atoms with Crippen LogP contribution in [-0.4, -0.2) is 31.4 Å². The molecule has 4 aromatic rings. The first-order valence-corrected chi connectivity index (χ1v) is 9.63. The van der Waals surface area contributed by atoms with Gasteiger partial charge in [0.2, 0.25) is 11.8 Å². The predicted octanol–water partition coefficient (Wildman–Crippen LogP) is 2.26. The third-order valence-electron chi connectivity index (χ3n) is 5.23. The molecule has 3 heterocycles. The van der Waals surface area contributed by atoms with Crippen LogP contribution >= 0.6 is 0 Å². The molecular weight excluding hydrogens is 405 g/mol. The molecule has 9 nitrogen and oxygen atoms in total. The van der Waals surface area contributed by atoms with E-state index in [-0.39, 0.29) is 37.5 Å². The molecule has 2 amide bonds. The minimum Gasteiger partial charge on any atom is -0.408 e. The van der Waals surface area contributed by atoms with E-state index in [2.05, 4.69) is 15.5 Å². The molecule has 5 rings (SSSR count). The highest BCUT2D eigenvalue weighted by molar-refractivity contribution is 6.00. The highest BCUT2D eigenvalue weighted by Gasteiger charge is 2.32. The van der Waals surface area contributed by atoms with Gasteiger partial charge in [0.25, 0.3) is 0 Å². The van der Waals surface area contributed by atoms with Crippen molar-refractivity contribution in [3.63, 3.8) is 0 Å². The number of nitrogens with one attached hydrogen (secondary N) is 1. The van der Waals surface area contributed by atoms with Crippen molar-refractivity contribution in [1.82, 2.24) is 24.9 Å². The molecule has 1 N–H and O–H groups in total. The third-order valence-corrected chi connectivity index (χ3v) is 5.23. The SMILES string of the molecule is O=C1CCC(n2c(=O)oc3ccc(Cn4ncc(-c5ccccc5)n4)c(F)c32)C(=O)N1.[HH]. The van der Waals surface area contributed by atoms with E-state index >= 15 is 4.39 Å². The molecule has 10 heteroatoms. The van der Waals surface area contributed by atoms with Crippen molar-refractivity contribution >= 4 is 22.9 Å². The number of hydrogen-bond donors (Lipinski definition) is 1. The van der Waals surface area contributed by atoms with E-state index in [1.165, 1.54) is 16.9 Å². The number of piperidine rings is 1. The maximum Gasteiger partial charge on any atom is 0.420 e. The van der Waals surface area contributed by atoms with E-state index in [0.717, 1.165) is 10.1 Å². The van der Waals surface area contributed by atoms with Gasteiger partial charge in [0.15, 0.2) is 11.4 Å². The number of imide groups is 1. The van der Waals surface area contributed by atoms with E-state index in [0.29, 0.717) is 5.69 Å². The Kier molecular flexibility index (Phi) is 4.46. The number of oxazole rings is 1. The summed E-state index contributed by atoms with van der Waals surface area (Å²) in [5.41, 5.74) is 1.66. The molecule has 0 radical (unpaired) electrons. The zero-order valence-electron chi connectivity index (χ0n) is 16.1. The third kappa shape index (κ3) is 3.31. The Labute approximate surface area is 175 Å². The average Bonchev–Trinajstić information content (AvgIpc) is 3.35. The molecule has 1 unspecified atom stereocenters. The fraction of sp³-hybridized carbons (Fsp3) is 0.190. The average molecular weight is 423 g/mol. The molecule has 1 aliphatic rings. The van der Waals surface area contributed by atoms with Crippen LogP contribution in [0.15, 0.2) is 57.9 Å². The minimum atomic E-state index is -1.02. The Morgan fingerprint density at radius 1 is 1.16 bits per heavy atom. The highest BCUT2D eigenvalue weighted by Crippen LogP contribution is 2.27. The highest BCUT2D eigenvalue weighted by atomic mass is 19.1. The molecular formula is C21H18FN5O4. The summed E-state index contributed by atoms with van der Waals surface area (Å²) >= 11 is 0. The quantitative estimate of drug-likeness (QED) is 0.504. The second-order valence-electron chi connectivity index (χ2n) is 7.22. The number of benzene rings is 2. The number of carbonyl (C=O) groups is 2. The summed E-state index contributed by atoms with van der Waals surface area (Å²) < 4.78 is 21.5. The first kappa shape index (κ1) is 18.9. The Morgan fingerprint density at radius 3 is 2.74 bits per heavy atom. The van der Waals surface area contributed by atoms with Gasteiger partial charge < -0.3 is 4.42 Å². The van der Waals surface area contributed by atoms with Crippen molar-refractivity contribution in [3.05, 3.63) is 70.6 Å². The predicted molar refractivity (Wildman–Crippen MR) is 109 cm³/mol. The van der Waals surface area contributed by atoms with Gasteiger partial charge in [0.05, 0.1) is 12.7 Å². The molecule has 0 saturated carbocycles. The van der Waals surface area contributed by atoms with E-state index < -0.39 is 29.4 Å². The van der Waals surface area contributed by atoms with E-state index in [9.17, 15) is 14.4 Å². The van der Waals surface area contributed by atoms with Crippen LogP contribution in [-0.2, 0) is 16.1 Å². The normalized spacial score (nSPS) is 16.6. The summed E-state index contributed by atoms with van der Waals surface area (Å²) in [4.78, 5) is 37.4. The van der Waals surface area contributed by atoms with Gasteiger partial charge >= 0.3 is 5.76 Å². The number of aromatic nitrogens is 4. The lowest BCUT2D eigenvalue weighted by atomic mass is 10.1. The lowest BCUT2D eigenvalue weighted by molar-refractivity contribution is -0.135. The van der Waals surface area contributed by atoms with Gasteiger partial charge in [-0.25, -0.2) is 9.18 Å². The molecule has 0 aliphatic carbocycles. The van der Waals surface area contributed by atoms with Gasteiger partial charge in [-0.15, -0.1) is 0 Å². The van der Waals surface area contributed by atoms with Crippen LogP contribution in [0.1, 0.15) is 25.9 Å². The maximum absolute atomic E-state index is 15.4. The van der Waals surface area contributed by atoms with Crippen molar-refractivity contribution in [3.8, 4) is 11.3 Å². The summed E-state index contributed by atoms with van der Waals surface area (Å²) in [6.07, 6.45) is 1.73. The largest absolute Gasteiger partial charge is 0.420 e. The molecule has 0 bridgehead atoms. The van der Waals surface area contributed by atoms with Crippen LogP contribution in [0.3, 0.4) is 0 Å². The van der Waals surface area contributed by atoms with Crippen LogP contribution < -0.4 is 11.1 Å². The van der Waals surface area contributed by atoms with Crippen LogP contribution in [0.25, 0.3) is 22.4 Å². The summed E-state index contributed by atoms with van der Waals surface area (Å²) in [7, 11) is 0. The molecule has 1 fully saturated rings. The molecule has 1 saturated heterocycles. The van der Waals surface area contributed by atoms with Crippen molar-refractivity contribution in [2.24, 2.45) is 0 Å². The second kappa shape index (κ2) is 7.31. The van der Waals surface area contributed by atoms with E-state index in [1.54, 1.807) is 6.20 Å². The molecule has 1 aliphatic heterocycles. The summed E-state index contributed by atoms with van der Waals surface area (Å²) in [5.74, 6) is -2.65. The summed E-state index contributed by atoms with van der Waals surface area (Å²) in [6.45, 7) is 0.0172. The maximum atomic E-state index is 15.4. The Hall–Kier alpha value is -4.08. The zero-order chi connectivity index (χ0) is 21.5. The number of hydrogen-bond acceptors (Lipinski definition) is 6. The van der Waals surface area contributed by atoms with Gasteiger partial charge in [-0.3, -0.25) is 19.5 Å². The lowest BCUT2D eigenvalue weighted by Gasteiger charge is -2.21. The fourth-order valence-corrected chi connectivity index (χ4v) is 3.73. The topological polar surface area (TPSA) is 112 Å². The number of fused-ring (bicyclic) bond motifs is 1. The van der Waals surface area contributed by atoms with Gasteiger partial charge in [-0.1, -0.05) is 36.4 Å². The van der Waals surface area contributed by atoms with Crippen molar-refractivity contribution in [2.75, 3.05) is 0 Å². The monoisotopic (exact) mass is 423 g/mol. The Bertz CT molecular complexity index is 1380. The minimum absolute atomic E-state index is 0. The molecule has 1 atom stereocenters. The van der Waals surface area contributed by atoms with Crippen LogP contribution in [0.2, 0.25) is 0 Å². The first-order chi connectivity index (χ1) is 15.0. The van der Waals surface area contributed by atoms with Gasteiger partial charge in [0, 0.05) is 19.0 Å². The fourth-order valence-electron chi connectivity index (χ4n) is 3.73. The van der Waals surface area contributed by atoms with Crippen molar-refractivity contribution < 1.29 is 19.8 Å². The van der Waals surface area contributed by atoms with Crippen molar-refractivity contribution in [2.45, 2.75) is 25.4 Å². The number of halogens is 1. The van der Waals surface area contributed by atoms with Crippen molar-refractivity contribution in [1.29, 1.82) is 0 Å². The number of nitrogens with zero attached hydrogens (tertiary/aromatic N) is 4. The van der Waals surface area contributed by atoms with Gasteiger partial charge in [-0.2, -0.15) is 15.0 Å². The molecule has 158 valence electrons. The second-order valence-corrected chi connectivity index (χ2v) is 7.22. The number of rotatable bonds is 4. The Morgan fingerprint density at radius 2 is 1.97 bits per heavy atom. The van der Waals surface area contributed by atoms with Gasteiger partial charge in [-0.05, 0) is 12.5 Å². The van der Waals surface area contributed by atoms with Gasteiger partial charge in [0.1, 0.15) is 17.3 Å². The summed E-state index contributed by atoms with van der Waals surface area (Å²) in [6, 6.07) is 11.4. The summed E-state index contributed by atoms with van der Waals surface area (Å²) in [5, 5.41) is 10.7. The van der Waals surface area contributed by atoms with E-state index in [1.807, 2.05) is 30.3 Å². The number of carbonyl (C=O) groups excluding carboxylic acids is 2. The zero-order valence-corrected chi connectivity index (χ0v) is 16.1.